The number of nitriles is 1. The zero-order chi connectivity index (χ0) is 11.1. The summed E-state index contributed by atoms with van der Waals surface area (Å²) in [5.74, 6) is 0.597. The molecular formula is C11H18N2O2. The molecule has 4 heteroatoms. The molecule has 0 saturated carbocycles. The van der Waals surface area contributed by atoms with Gasteiger partial charge in [-0.3, -0.25) is 0 Å². The van der Waals surface area contributed by atoms with E-state index in [1.165, 1.54) is 7.11 Å². The molecule has 1 rings (SSSR count). The van der Waals surface area contributed by atoms with E-state index >= 15 is 0 Å². The first-order valence-electron chi connectivity index (χ1n) is 5.47. The maximum atomic E-state index is 11.3. The number of carbonyl (C=O) groups excluding carboxylic acids is 1. The van der Waals surface area contributed by atoms with Crippen LogP contribution in [0.5, 0.6) is 0 Å². The highest BCUT2D eigenvalue weighted by atomic mass is 16.5. The molecule has 1 aliphatic rings. The molecule has 1 amide bonds. The molecule has 4 nitrogen and oxygen atoms in total. The van der Waals surface area contributed by atoms with Crippen molar-refractivity contribution in [3.8, 4) is 6.07 Å². The second kappa shape index (κ2) is 6.28. The van der Waals surface area contributed by atoms with Gasteiger partial charge in [0.05, 0.1) is 13.2 Å². The van der Waals surface area contributed by atoms with Crippen LogP contribution in [0.2, 0.25) is 0 Å². The summed E-state index contributed by atoms with van der Waals surface area (Å²) < 4.78 is 4.70. The van der Waals surface area contributed by atoms with Crippen LogP contribution in [0.3, 0.4) is 0 Å². The Hall–Kier alpha value is -1.24. The van der Waals surface area contributed by atoms with E-state index in [0.717, 1.165) is 38.8 Å². The van der Waals surface area contributed by atoms with Crippen LogP contribution in [-0.2, 0) is 4.74 Å². The second-order valence-corrected chi connectivity index (χ2v) is 3.95. The Morgan fingerprint density at radius 1 is 1.53 bits per heavy atom. The lowest BCUT2D eigenvalue weighted by atomic mass is 9.96. The van der Waals surface area contributed by atoms with Crippen molar-refractivity contribution in [2.24, 2.45) is 5.92 Å². The van der Waals surface area contributed by atoms with Crippen molar-refractivity contribution >= 4 is 6.09 Å². The van der Waals surface area contributed by atoms with E-state index < -0.39 is 0 Å². The molecule has 15 heavy (non-hydrogen) atoms. The quantitative estimate of drug-likeness (QED) is 0.701. The van der Waals surface area contributed by atoms with Crippen LogP contribution in [-0.4, -0.2) is 31.2 Å². The van der Waals surface area contributed by atoms with Gasteiger partial charge in [-0.2, -0.15) is 5.26 Å². The molecule has 1 aliphatic heterocycles. The van der Waals surface area contributed by atoms with Crippen LogP contribution in [0.1, 0.15) is 32.1 Å². The van der Waals surface area contributed by atoms with Crippen LogP contribution in [0.25, 0.3) is 0 Å². The normalized spacial score (nSPS) is 21.6. The van der Waals surface area contributed by atoms with E-state index in [4.69, 9.17) is 10.00 Å². The average molecular weight is 210 g/mol. The van der Waals surface area contributed by atoms with Gasteiger partial charge < -0.3 is 9.64 Å². The summed E-state index contributed by atoms with van der Waals surface area (Å²) >= 11 is 0. The predicted octanol–water partition coefficient (Wildman–Crippen LogP) is 2.16. The molecule has 0 aliphatic carbocycles. The molecule has 1 unspecified atom stereocenters. The minimum atomic E-state index is -0.226. The van der Waals surface area contributed by atoms with Gasteiger partial charge in [-0.25, -0.2) is 4.79 Å². The molecule has 84 valence electrons. The van der Waals surface area contributed by atoms with Gasteiger partial charge in [-0.15, -0.1) is 0 Å². The lowest BCUT2D eigenvalue weighted by Gasteiger charge is -2.18. The number of likely N-dealkylation sites (tertiary alicyclic amines) is 1. The molecule has 1 heterocycles. The summed E-state index contributed by atoms with van der Waals surface area (Å²) in [5, 5.41) is 8.51. The highest BCUT2D eigenvalue weighted by molar-refractivity contribution is 5.67. The van der Waals surface area contributed by atoms with Crippen LogP contribution < -0.4 is 0 Å². The van der Waals surface area contributed by atoms with E-state index in [-0.39, 0.29) is 6.09 Å². The van der Waals surface area contributed by atoms with Gasteiger partial charge in [0.2, 0.25) is 0 Å². The second-order valence-electron chi connectivity index (χ2n) is 3.95. The summed E-state index contributed by atoms with van der Waals surface area (Å²) in [6.45, 7) is 1.55. The van der Waals surface area contributed by atoms with Crippen LogP contribution in [0.15, 0.2) is 0 Å². The Bertz CT molecular complexity index is 247. The third kappa shape index (κ3) is 3.78. The van der Waals surface area contributed by atoms with Crippen molar-refractivity contribution in [1.82, 2.24) is 4.90 Å². The average Bonchev–Trinajstić information content (AvgIpc) is 2.50. The molecule has 1 atom stereocenters. The molecule has 1 fully saturated rings. The van der Waals surface area contributed by atoms with Gasteiger partial charge in [-0.05, 0) is 31.6 Å². The van der Waals surface area contributed by atoms with Gasteiger partial charge in [0.15, 0.2) is 0 Å². The summed E-state index contributed by atoms with van der Waals surface area (Å²) in [6, 6.07) is 2.18. The predicted molar refractivity (Wildman–Crippen MR) is 56.2 cm³/mol. The Balaban J connectivity index is 2.35. The molecule has 0 N–H and O–H groups in total. The number of carbonyl (C=O) groups is 1. The third-order valence-corrected chi connectivity index (χ3v) is 2.94. The summed E-state index contributed by atoms with van der Waals surface area (Å²) in [4.78, 5) is 13.0. The fourth-order valence-electron chi connectivity index (χ4n) is 2.03. The zero-order valence-electron chi connectivity index (χ0n) is 9.24. The summed E-state index contributed by atoms with van der Waals surface area (Å²) in [7, 11) is 1.42. The maximum absolute atomic E-state index is 11.3. The van der Waals surface area contributed by atoms with Crippen molar-refractivity contribution in [3.63, 3.8) is 0 Å². The highest BCUT2D eigenvalue weighted by Crippen LogP contribution is 2.21. The summed E-state index contributed by atoms with van der Waals surface area (Å²) in [6.07, 6.45) is 4.50. The van der Waals surface area contributed by atoms with E-state index in [9.17, 15) is 4.79 Å². The molecular weight excluding hydrogens is 192 g/mol. The Morgan fingerprint density at radius 3 is 3.00 bits per heavy atom. The van der Waals surface area contributed by atoms with Crippen molar-refractivity contribution in [1.29, 1.82) is 5.26 Å². The Labute approximate surface area is 90.8 Å². The number of hydrogen-bond donors (Lipinski definition) is 0. The highest BCUT2D eigenvalue weighted by Gasteiger charge is 2.20. The fourth-order valence-corrected chi connectivity index (χ4v) is 2.03. The third-order valence-electron chi connectivity index (χ3n) is 2.94. The van der Waals surface area contributed by atoms with E-state index in [0.29, 0.717) is 12.3 Å². The molecule has 0 spiro atoms. The number of amides is 1. The standard InChI is InChI=1S/C11H18N2O2/c1-15-11(14)13-8-3-5-10(6-9-13)4-2-7-12/h10H,2-6,8-9H2,1H3. The molecule has 0 aromatic carbocycles. The topological polar surface area (TPSA) is 53.3 Å². The van der Waals surface area contributed by atoms with Gasteiger partial charge >= 0.3 is 6.09 Å². The van der Waals surface area contributed by atoms with Crippen LogP contribution in [0, 0.1) is 17.2 Å². The Morgan fingerprint density at radius 2 is 2.33 bits per heavy atom. The lowest BCUT2D eigenvalue weighted by Crippen LogP contribution is -2.31. The lowest BCUT2D eigenvalue weighted by molar-refractivity contribution is 0.124. The zero-order valence-corrected chi connectivity index (χ0v) is 9.24. The molecule has 1 saturated heterocycles. The SMILES string of the molecule is COC(=O)N1CCCC(CCC#N)CC1. The first-order chi connectivity index (χ1) is 7.27. The van der Waals surface area contributed by atoms with E-state index in [1.54, 1.807) is 4.90 Å². The molecule has 0 radical (unpaired) electrons. The molecule has 0 aromatic heterocycles. The van der Waals surface area contributed by atoms with Crippen LogP contribution >= 0.6 is 0 Å². The van der Waals surface area contributed by atoms with Crippen molar-refractivity contribution < 1.29 is 9.53 Å². The molecule has 0 aromatic rings. The Kier molecular flexibility index (Phi) is 4.96. The fraction of sp³-hybridized carbons (Fsp3) is 0.818. The smallest absolute Gasteiger partial charge is 0.409 e. The van der Waals surface area contributed by atoms with E-state index in [1.807, 2.05) is 0 Å². The van der Waals surface area contributed by atoms with Crippen LogP contribution in [0.4, 0.5) is 4.79 Å². The van der Waals surface area contributed by atoms with E-state index in [2.05, 4.69) is 6.07 Å². The minimum Gasteiger partial charge on any atom is -0.453 e. The monoisotopic (exact) mass is 210 g/mol. The summed E-state index contributed by atoms with van der Waals surface area (Å²) in [5.41, 5.74) is 0. The number of rotatable bonds is 2. The van der Waals surface area contributed by atoms with Crippen molar-refractivity contribution in [2.75, 3.05) is 20.2 Å². The first-order valence-corrected chi connectivity index (χ1v) is 5.47. The maximum Gasteiger partial charge on any atom is 0.409 e. The molecule has 0 bridgehead atoms. The van der Waals surface area contributed by atoms with Crippen molar-refractivity contribution in [2.45, 2.75) is 32.1 Å². The van der Waals surface area contributed by atoms with Gasteiger partial charge in [0.25, 0.3) is 0 Å². The number of nitrogens with zero attached hydrogens (tertiary/aromatic N) is 2. The van der Waals surface area contributed by atoms with Gasteiger partial charge in [0, 0.05) is 19.5 Å². The number of ether oxygens (including phenoxy) is 1. The van der Waals surface area contributed by atoms with Crippen molar-refractivity contribution in [3.05, 3.63) is 0 Å². The minimum absolute atomic E-state index is 0.226. The number of hydrogen-bond acceptors (Lipinski definition) is 3. The largest absolute Gasteiger partial charge is 0.453 e. The van der Waals surface area contributed by atoms with Gasteiger partial charge in [0.1, 0.15) is 0 Å². The van der Waals surface area contributed by atoms with Gasteiger partial charge in [-0.1, -0.05) is 0 Å². The first kappa shape index (κ1) is 11.8. The number of methoxy groups -OCH3 is 1.